The van der Waals surface area contributed by atoms with Gasteiger partial charge in [0, 0.05) is 37.9 Å². The van der Waals surface area contributed by atoms with Crippen LogP contribution in [0.1, 0.15) is 29.7 Å². The molecule has 1 aliphatic rings. The topological polar surface area (TPSA) is 90.5 Å². The molecule has 2 aromatic carbocycles. The van der Waals surface area contributed by atoms with E-state index in [1.54, 1.807) is 35.6 Å². The summed E-state index contributed by atoms with van der Waals surface area (Å²) >= 11 is 1.62. The van der Waals surface area contributed by atoms with Gasteiger partial charge >= 0.3 is 11.8 Å². The molecule has 2 heterocycles. The predicted molar refractivity (Wildman–Crippen MR) is 130 cm³/mol. The van der Waals surface area contributed by atoms with Gasteiger partial charge < -0.3 is 16.0 Å². The number of anilines is 2. The molecule has 0 aliphatic carbocycles. The van der Waals surface area contributed by atoms with E-state index in [0.717, 1.165) is 25.1 Å². The summed E-state index contributed by atoms with van der Waals surface area (Å²) in [6.45, 7) is 3.42. The third-order valence-electron chi connectivity index (χ3n) is 5.63. The number of rotatable bonds is 6. The van der Waals surface area contributed by atoms with Gasteiger partial charge in [0.25, 0.3) is 0 Å². The normalized spacial score (nSPS) is 14.1. The number of carbonyl (C=O) groups excluding carboxylic acids is 3. The van der Waals surface area contributed by atoms with Crippen LogP contribution in [0, 0.1) is 0 Å². The molecule has 170 valence electrons. The van der Waals surface area contributed by atoms with E-state index in [1.165, 1.54) is 18.1 Å². The smallest absolute Gasteiger partial charge is 0.313 e. The Labute approximate surface area is 196 Å². The maximum atomic E-state index is 12.6. The van der Waals surface area contributed by atoms with Crippen LogP contribution in [0.2, 0.25) is 0 Å². The van der Waals surface area contributed by atoms with E-state index >= 15 is 0 Å². The summed E-state index contributed by atoms with van der Waals surface area (Å²) in [7, 11) is 0. The first-order valence-corrected chi connectivity index (χ1v) is 11.7. The minimum atomic E-state index is -0.747. The van der Waals surface area contributed by atoms with Gasteiger partial charge in [-0.1, -0.05) is 30.3 Å². The second-order valence-corrected chi connectivity index (χ2v) is 8.77. The molecule has 0 spiro atoms. The molecule has 1 unspecified atom stereocenters. The molecule has 7 nitrogen and oxygen atoms in total. The van der Waals surface area contributed by atoms with Crippen LogP contribution in [0.15, 0.2) is 65.4 Å². The van der Waals surface area contributed by atoms with Crippen molar-refractivity contribution in [3.8, 4) is 0 Å². The van der Waals surface area contributed by atoms with Crippen molar-refractivity contribution in [3.05, 3.63) is 82.0 Å². The van der Waals surface area contributed by atoms with E-state index in [9.17, 15) is 14.4 Å². The maximum Gasteiger partial charge on any atom is 0.313 e. The molecule has 8 heteroatoms. The van der Waals surface area contributed by atoms with Crippen molar-refractivity contribution < 1.29 is 14.4 Å². The van der Waals surface area contributed by atoms with Gasteiger partial charge in [0.1, 0.15) is 0 Å². The molecule has 3 aromatic rings. The van der Waals surface area contributed by atoms with Crippen LogP contribution in [0.4, 0.5) is 11.4 Å². The highest BCUT2D eigenvalue weighted by atomic mass is 32.1. The van der Waals surface area contributed by atoms with E-state index in [-0.39, 0.29) is 11.9 Å². The molecular weight excluding hydrogens is 436 g/mol. The molecular formula is C25H26N4O3S. The third kappa shape index (κ3) is 5.85. The van der Waals surface area contributed by atoms with E-state index < -0.39 is 11.8 Å². The molecule has 0 radical (unpaired) electrons. The Balaban J connectivity index is 1.39. The summed E-state index contributed by atoms with van der Waals surface area (Å²) in [5.74, 6) is -1.66. The van der Waals surface area contributed by atoms with Crippen molar-refractivity contribution in [1.29, 1.82) is 0 Å². The summed E-state index contributed by atoms with van der Waals surface area (Å²) in [6.07, 6.45) is 0.954. The number of thiophene rings is 1. The van der Waals surface area contributed by atoms with Crippen LogP contribution in [0.3, 0.4) is 0 Å². The Morgan fingerprint density at radius 1 is 0.970 bits per heavy atom. The Bertz CT molecular complexity index is 1150. The molecule has 4 rings (SSSR count). The molecule has 1 atom stereocenters. The zero-order chi connectivity index (χ0) is 23.2. The quantitative estimate of drug-likeness (QED) is 0.489. The summed E-state index contributed by atoms with van der Waals surface area (Å²) in [4.78, 5) is 38.6. The first kappa shape index (κ1) is 22.7. The maximum absolute atomic E-state index is 12.6. The lowest BCUT2D eigenvalue weighted by molar-refractivity contribution is -0.136. The predicted octanol–water partition coefficient (Wildman–Crippen LogP) is 3.56. The average Bonchev–Trinajstić information content (AvgIpc) is 3.33. The highest BCUT2D eigenvalue weighted by Crippen LogP contribution is 2.28. The number of nitrogens with one attached hydrogen (secondary N) is 3. The second-order valence-electron chi connectivity index (χ2n) is 7.99. The number of benzene rings is 2. The largest absolute Gasteiger partial charge is 0.346 e. The summed E-state index contributed by atoms with van der Waals surface area (Å²) < 4.78 is 0. The molecule has 3 amide bonds. The van der Waals surface area contributed by atoms with Crippen LogP contribution in [0.5, 0.6) is 0 Å². The summed E-state index contributed by atoms with van der Waals surface area (Å²) in [6, 6.07) is 17.1. The van der Waals surface area contributed by atoms with Crippen LogP contribution in [-0.4, -0.2) is 35.7 Å². The van der Waals surface area contributed by atoms with Gasteiger partial charge in [-0.3, -0.25) is 19.3 Å². The Morgan fingerprint density at radius 3 is 2.45 bits per heavy atom. The SMILES string of the molecule is CC(=O)Nc1cccc(NC(=O)C(=O)NCC(c2ccsc2)N2CCc3ccccc3C2)c1. The molecule has 1 aromatic heterocycles. The standard InChI is InChI=1S/C25H26N4O3S/c1-17(30)27-21-7-4-8-22(13-21)28-25(32)24(31)26-14-23(20-10-12-33-16-20)29-11-9-18-5-2-3-6-19(18)15-29/h2-8,10,12-13,16,23H,9,11,14-15H2,1H3,(H,26,31)(H,27,30)(H,28,32). The lowest BCUT2D eigenvalue weighted by atomic mass is 9.97. The van der Waals surface area contributed by atoms with Crippen LogP contribution in [-0.2, 0) is 27.3 Å². The Kier molecular flexibility index (Phi) is 7.16. The van der Waals surface area contributed by atoms with Gasteiger partial charge in [0.05, 0.1) is 6.04 Å². The molecule has 33 heavy (non-hydrogen) atoms. The van der Waals surface area contributed by atoms with Crippen molar-refractivity contribution in [2.45, 2.75) is 25.9 Å². The minimum Gasteiger partial charge on any atom is -0.346 e. The van der Waals surface area contributed by atoms with Crippen molar-refractivity contribution in [3.63, 3.8) is 0 Å². The first-order chi connectivity index (χ1) is 16.0. The zero-order valence-electron chi connectivity index (χ0n) is 18.3. The lowest BCUT2D eigenvalue weighted by Crippen LogP contribution is -2.43. The highest BCUT2D eigenvalue weighted by molar-refractivity contribution is 7.08. The fraction of sp³-hybridized carbons (Fsp3) is 0.240. The van der Waals surface area contributed by atoms with E-state index in [2.05, 4.69) is 56.6 Å². The summed E-state index contributed by atoms with van der Waals surface area (Å²) in [5.41, 5.74) is 4.77. The number of carbonyl (C=O) groups is 3. The van der Waals surface area contributed by atoms with Crippen molar-refractivity contribution in [2.24, 2.45) is 0 Å². The van der Waals surface area contributed by atoms with Gasteiger partial charge in [-0.15, -0.1) is 0 Å². The third-order valence-corrected chi connectivity index (χ3v) is 6.33. The van der Waals surface area contributed by atoms with Gasteiger partial charge in [-0.05, 0) is 58.1 Å². The number of hydrogen-bond acceptors (Lipinski definition) is 5. The second kappa shape index (κ2) is 10.4. The van der Waals surface area contributed by atoms with E-state index in [4.69, 9.17) is 0 Å². The number of hydrogen-bond donors (Lipinski definition) is 3. The highest BCUT2D eigenvalue weighted by Gasteiger charge is 2.26. The van der Waals surface area contributed by atoms with Crippen molar-refractivity contribution >= 4 is 40.4 Å². The van der Waals surface area contributed by atoms with E-state index in [0.29, 0.717) is 17.9 Å². The molecule has 0 saturated heterocycles. The zero-order valence-corrected chi connectivity index (χ0v) is 19.2. The molecule has 3 N–H and O–H groups in total. The fourth-order valence-electron chi connectivity index (χ4n) is 4.04. The number of amides is 3. The Morgan fingerprint density at radius 2 is 1.73 bits per heavy atom. The average molecular weight is 463 g/mol. The lowest BCUT2D eigenvalue weighted by Gasteiger charge is -2.35. The van der Waals surface area contributed by atoms with Crippen LogP contribution < -0.4 is 16.0 Å². The first-order valence-electron chi connectivity index (χ1n) is 10.8. The van der Waals surface area contributed by atoms with Crippen molar-refractivity contribution in [1.82, 2.24) is 10.2 Å². The van der Waals surface area contributed by atoms with Crippen molar-refractivity contribution in [2.75, 3.05) is 23.7 Å². The molecule has 0 saturated carbocycles. The van der Waals surface area contributed by atoms with Gasteiger partial charge in [0.2, 0.25) is 5.91 Å². The summed E-state index contributed by atoms with van der Waals surface area (Å²) in [5, 5.41) is 12.2. The number of fused-ring (bicyclic) bond motifs is 1. The number of nitrogens with zero attached hydrogens (tertiary/aromatic N) is 1. The molecule has 0 bridgehead atoms. The molecule has 1 aliphatic heterocycles. The Hall–Kier alpha value is -3.49. The monoisotopic (exact) mass is 462 g/mol. The van der Waals surface area contributed by atoms with Crippen LogP contribution >= 0.6 is 11.3 Å². The van der Waals surface area contributed by atoms with Gasteiger partial charge in [0.15, 0.2) is 0 Å². The van der Waals surface area contributed by atoms with E-state index in [1.807, 2.05) is 5.38 Å². The molecule has 0 fully saturated rings. The van der Waals surface area contributed by atoms with Crippen LogP contribution in [0.25, 0.3) is 0 Å². The van der Waals surface area contributed by atoms with Gasteiger partial charge in [-0.2, -0.15) is 11.3 Å². The fourth-order valence-corrected chi connectivity index (χ4v) is 4.75. The van der Waals surface area contributed by atoms with Gasteiger partial charge in [-0.25, -0.2) is 0 Å². The minimum absolute atomic E-state index is 0.0237.